The number of carbonyl (C=O) groups is 2. The Kier molecular flexibility index (Phi) is 6.25. The lowest BCUT2D eigenvalue weighted by atomic mass is 10.0. The predicted octanol–water partition coefficient (Wildman–Crippen LogP) is 2.07. The summed E-state index contributed by atoms with van der Waals surface area (Å²) in [4.78, 5) is 36.0. The number of aryl methyl sites for hydroxylation is 1. The molecule has 0 aliphatic rings. The first-order valence-corrected chi connectivity index (χ1v) is 8.79. The highest BCUT2D eigenvalue weighted by Crippen LogP contribution is 2.24. The molecule has 2 aromatic rings. The summed E-state index contributed by atoms with van der Waals surface area (Å²) < 4.78 is 10.5. The first kappa shape index (κ1) is 20.5. The Morgan fingerprint density at radius 1 is 1.19 bits per heavy atom. The zero-order chi connectivity index (χ0) is 20.2. The quantitative estimate of drug-likeness (QED) is 0.755. The van der Waals surface area contributed by atoms with E-state index in [9.17, 15) is 14.4 Å². The van der Waals surface area contributed by atoms with E-state index in [0.29, 0.717) is 16.9 Å². The summed E-state index contributed by atoms with van der Waals surface area (Å²) in [5.41, 5.74) is 0.866. The van der Waals surface area contributed by atoms with E-state index in [1.165, 1.54) is 0 Å². The van der Waals surface area contributed by atoms with Gasteiger partial charge in [0.1, 0.15) is 11.3 Å². The third kappa shape index (κ3) is 5.57. The van der Waals surface area contributed by atoms with Gasteiger partial charge in [0.25, 0.3) is 0 Å². The maximum atomic E-state index is 12.3. The van der Waals surface area contributed by atoms with Crippen LogP contribution in [0, 0.1) is 6.92 Å². The number of methoxy groups -OCH3 is 1. The molecule has 1 aromatic carbocycles. The summed E-state index contributed by atoms with van der Waals surface area (Å²) in [5, 5.41) is 6.13. The summed E-state index contributed by atoms with van der Waals surface area (Å²) in [6.45, 7) is 7.33. The highest BCUT2D eigenvalue weighted by molar-refractivity contribution is 5.85. The van der Waals surface area contributed by atoms with Gasteiger partial charge in [-0.25, -0.2) is 4.79 Å². The molecule has 0 spiro atoms. The van der Waals surface area contributed by atoms with Crippen LogP contribution < -0.4 is 21.0 Å². The molecule has 0 fully saturated rings. The number of benzene rings is 1. The normalized spacial score (nSPS) is 11.3. The fourth-order valence-corrected chi connectivity index (χ4v) is 2.76. The molecule has 0 radical (unpaired) electrons. The second-order valence-electron chi connectivity index (χ2n) is 7.43. The molecule has 0 aliphatic heterocycles. The molecule has 2 amide bonds. The van der Waals surface area contributed by atoms with Crippen molar-refractivity contribution in [1.29, 1.82) is 0 Å². The molecule has 0 unspecified atom stereocenters. The van der Waals surface area contributed by atoms with E-state index in [-0.39, 0.29) is 36.7 Å². The topological polar surface area (TPSA) is 97.6 Å². The monoisotopic (exact) mass is 374 g/mol. The van der Waals surface area contributed by atoms with Crippen molar-refractivity contribution in [2.75, 3.05) is 13.7 Å². The Balaban J connectivity index is 2.03. The van der Waals surface area contributed by atoms with Crippen LogP contribution in [0.15, 0.2) is 27.4 Å². The van der Waals surface area contributed by atoms with E-state index in [1.54, 1.807) is 19.2 Å². The summed E-state index contributed by atoms with van der Waals surface area (Å²) in [6.07, 6.45) is 0.332. The van der Waals surface area contributed by atoms with Crippen molar-refractivity contribution in [3.63, 3.8) is 0 Å². The van der Waals surface area contributed by atoms with Crippen LogP contribution in [0.5, 0.6) is 5.75 Å². The maximum Gasteiger partial charge on any atom is 0.339 e. The number of nitrogens with one attached hydrogen (secondary N) is 2. The van der Waals surface area contributed by atoms with Crippen LogP contribution >= 0.6 is 0 Å². The number of hydrogen-bond donors (Lipinski definition) is 2. The fraction of sp³-hybridized carbons (Fsp3) is 0.450. The molecule has 2 rings (SSSR count). The van der Waals surface area contributed by atoms with Gasteiger partial charge in [-0.3, -0.25) is 9.59 Å². The van der Waals surface area contributed by atoms with Gasteiger partial charge in [0.15, 0.2) is 0 Å². The van der Waals surface area contributed by atoms with Gasteiger partial charge < -0.3 is 19.8 Å². The zero-order valence-corrected chi connectivity index (χ0v) is 16.4. The van der Waals surface area contributed by atoms with Gasteiger partial charge >= 0.3 is 5.63 Å². The van der Waals surface area contributed by atoms with Gasteiger partial charge in [0.05, 0.1) is 13.7 Å². The molecule has 1 aromatic heterocycles. The minimum Gasteiger partial charge on any atom is -0.497 e. The van der Waals surface area contributed by atoms with Crippen molar-refractivity contribution in [3.05, 3.63) is 39.7 Å². The Morgan fingerprint density at radius 3 is 2.52 bits per heavy atom. The second kappa shape index (κ2) is 8.24. The SMILES string of the molecule is COc1ccc2c(C)c(CCC(=O)NCC(=O)NC(C)(C)C)c(=O)oc2c1. The highest BCUT2D eigenvalue weighted by atomic mass is 16.5. The van der Waals surface area contributed by atoms with Gasteiger partial charge in [-0.05, 0) is 51.8 Å². The van der Waals surface area contributed by atoms with Crippen molar-refractivity contribution >= 4 is 22.8 Å². The van der Waals surface area contributed by atoms with E-state index >= 15 is 0 Å². The van der Waals surface area contributed by atoms with E-state index in [4.69, 9.17) is 9.15 Å². The second-order valence-corrected chi connectivity index (χ2v) is 7.43. The van der Waals surface area contributed by atoms with E-state index in [0.717, 1.165) is 10.9 Å². The molecular formula is C20H26N2O5. The van der Waals surface area contributed by atoms with Gasteiger partial charge in [-0.15, -0.1) is 0 Å². The van der Waals surface area contributed by atoms with Gasteiger partial charge in [-0.2, -0.15) is 0 Å². The van der Waals surface area contributed by atoms with Crippen molar-refractivity contribution < 1.29 is 18.7 Å². The lowest BCUT2D eigenvalue weighted by Gasteiger charge is -2.20. The number of hydrogen-bond acceptors (Lipinski definition) is 5. The van der Waals surface area contributed by atoms with Crippen molar-refractivity contribution in [2.24, 2.45) is 0 Å². The van der Waals surface area contributed by atoms with Crippen LogP contribution in [0.2, 0.25) is 0 Å². The maximum absolute atomic E-state index is 12.3. The van der Waals surface area contributed by atoms with Gasteiger partial charge in [0, 0.05) is 29.0 Å². The van der Waals surface area contributed by atoms with Crippen LogP contribution in [0.1, 0.15) is 38.3 Å². The standard InChI is InChI=1S/C20H26N2O5/c1-12-14-7-6-13(26-5)10-16(14)27-19(25)15(12)8-9-17(23)21-11-18(24)22-20(2,3)4/h6-7,10H,8-9,11H2,1-5H3,(H,21,23)(H,22,24). The lowest BCUT2D eigenvalue weighted by Crippen LogP contribution is -2.45. The molecular weight excluding hydrogens is 348 g/mol. The summed E-state index contributed by atoms with van der Waals surface area (Å²) >= 11 is 0. The van der Waals surface area contributed by atoms with E-state index in [1.807, 2.05) is 33.8 Å². The molecule has 146 valence electrons. The third-order valence-corrected chi connectivity index (χ3v) is 4.06. The Labute approximate surface area is 158 Å². The van der Waals surface area contributed by atoms with E-state index in [2.05, 4.69) is 10.6 Å². The molecule has 0 saturated heterocycles. The van der Waals surface area contributed by atoms with Crippen molar-refractivity contribution in [2.45, 2.75) is 46.1 Å². The van der Waals surface area contributed by atoms with E-state index < -0.39 is 5.63 Å². The molecule has 0 bridgehead atoms. The lowest BCUT2D eigenvalue weighted by molar-refractivity contribution is -0.126. The molecule has 7 nitrogen and oxygen atoms in total. The van der Waals surface area contributed by atoms with Crippen LogP contribution in [0.4, 0.5) is 0 Å². The van der Waals surface area contributed by atoms with Gasteiger partial charge in [0.2, 0.25) is 11.8 Å². The highest BCUT2D eigenvalue weighted by Gasteiger charge is 2.16. The zero-order valence-electron chi connectivity index (χ0n) is 16.4. The van der Waals surface area contributed by atoms with Crippen molar-refractivity contribution in [1.82, 2.24) is 10.6 Å². The Bertz CT molecular complexity index is 909. The molecule has 1 heterocycles. The number of carbonyl (C=O) groups excluding carboxylic acids is 2. The summed E-state index contributed by atoms with van der Waals surface area (Å²) in [6, 6.07) is 5.28. The Morgan fingerprint density at radius 2 is 1.89 bits per heavy atom. The average molecular weight is 374 g/mol. The number of amides is 2. The predicted molar refractivity (Wildman–Crippen MR) is 103 cm³/mol. The van der Waals surface area contributed by atoms with Crippen molar-refractivity contribution in [3.8, 4) is 5.75 Å². The number of rotatable bonds is 6. The fourth-order valence-electron chi connectivity index (χ4n) is 2.76. The molecule has 2 N–H and O–H groups in total. The Hall–Kier alpha value is -2.83. The smallest absolute Gasteiger partial charge is 0.339 e. The summed E-state index contributed by atoms with van der Waals surface area (Å²) in [7, 11) is 1.54. The average Bonchev–Trinajstić information content (AvgIpc) is 2.57. The van der Waals surface area contributed by atoms with Crippen LogP contribution in [0.3, 0.4) is 0 Å². The molecule has 27 heavy (non-hydrogen) atoms. The minimum absolute atomic E-state index is 0.0933. The third-order valence-electron chi connectivity index (χ3n) is 4.06. The minimum atomic E-state index is -0.466. The number of fused-ring (bicyclic) bond motifs is 1. The largest absolute Gasteiger partial charge is 0.497 e. The van der Waals surface area contributed by atoms with Crippen LogP contribution in [-0.2, 0) is 16.0 Å². The molecule has 0 saturated carbocycles. The van der Waals surface area contributed by atoms with Crippen LogP contribution in [-0.4, -0.2) is 31.0 Å². The molecule has 7 heteroatoms. The number of ether oxygens (including phenoxy) is 1. The van der Waals surface area contributed by atoms with Crippen LogP contribution in [0.25, 0.3) is 11.0 Å². The first-order chi connectivity index (χ1) is 12.6. The van der Waals surface area contributed by atoms with Gasteiger partial charge in [-0.1, -0.05) is 0 Å². The summed E-state index contributed by atoms with van der Waals surface area (Å²) in [5.74, 6) is 0.0459. The molecule has 0 aliphatic carbocycles. The first-order valence-electron chi connectivity index (χ1n) is 8.79. The molecule has 0 atom stereocenters.